The molecule has 0 saturated heterocycles. The molecule has 0 saturated carbocycles. The van der Waals surface area contributed by atoms with Crippen molar-refractivity contribution in [3.05, 3.63) is 59.7 Å². The highest BCUT2D eigenvalue weighted by atomic mass is 19.3. The fourth-order valence-electron chi connectivity index (χ4n) is 2.16. The second-order valence-corrected chi connectivity index (χ2v) is 5.81. The lowest BCUT2D eigenvalue weighted by atomic mass is 10.1. The van der Waals surface area contributed by atoms with Gasteiger partial charge in [0.1, 0.15) is 5.75 Å². The largest absolute Gasteiger partial charge is 0.455 e. The first-order valence-electron chi connectivity index (χ1n) is 8.44. The van der Waals surface area contributed by atoms with Gasteiger partial charge in [-0.05, 0) is 29.8 Å². The van der Waals surface area contributed by atoms with Crippen molar-refractivity contribution in [2.45, 2.75) is 13.0 Å². The lowest BCUT2D eigenvalue weighted by Gasteiger charge is -2.08. The summed E-state index contributed by atoms with van der Waals surface area (Å²) in [5, 5.41) is 4.44. The number of halogens is 4. The van der Waals surface area contributed by atoms with Crippen LogP contribution in [0, 0.1) is 11.6 Å². The normalized spacial score (nSPS) is 10.4. The zero-order chi connectivity index (χ0) is 22.1. The minimum absolute atomic E-state index is 0.00421. The molecule has 0 heterocycles. The molecule has 0 unspecified atom stereocenters. The lowest BCUT2D eigenvalue weighted by molar-refractivity contribution is -0.147. The van der Waals surface area contributed by atoms with E-state index >= 15 is 0 Å². The molecule has 11 heteroatoms. The molecule has 2 rings (SSSR count). The fourth-order valence-corrected chi connectivity index (χ4v) is 2.16. The van der Waals surface area contributed by atoms with Crippen LogP contribution in [-0.4, -0.2) is 37.5 Å². The van der Waals surface area contributed by atoms with Gasteiger partial charge in [-0.2, -0.15) is 8.78 Å². The van der Waals surface area contributed by atoms with Crippen molar-refractivity contribution in [1.29, 1.82) is 0 Å². The number of amides is 2. The van der Waals surface area contributed by atoms with E-state index in [0.717, 1.165) is 18.2 Å². The van der Waals surface area contributed by atoms with E-state index in [4.69, 9.17) is 4.74 Å². The summed E-state index contributed by atoms with van der Waals surface area (Å²) in [6.07, 6.45) is -0.209. The average molecular weight is 428 g/mol. The molecule has 0 radical (unpaired) electrons. The minimum Gasteiger partial charge on any atom is -0.455 e. The number of nitrogens with one attached hydrogen (secondary N) is 2. The molecule has 0 spiro atoms. The Morgan fingerprint density at radius 3 is 2.27 bits per heavy atom. The number of esters is 1. The van der Waals surface area contributed by atoms with Crippen LogP contribution in [0.15, 0.2) is 42.5 Å². The second kappa shape index (κ2) is 10.8. The predicted molar refractivity (Wildman–Crippen MR) is 95.7 cm³/mol. The highest BCUT2D eigenvalue weighted by molar-refractivity contribution is 5.94. The summed E-state index contributed by atoms with van der Waals surface area (Å²) in [5.41, 5.74) is 0.456. The van der Waals surface area contributed by atoms with Gasteiger partial charge in [-0.3, -0.25) is 14.4 Å². The van der Waals surface area contributed by atoms with Crippen molar-refractivity contribution in [1.82, 2.24) is 5.32 Å². The summed E-state index contributed by atoms with van der Waals surface area (Å²) in [7, 11) is 0. The smallest absolute Gasteiger partial charge is 0.387 e. The van der Waals surface area contributed by atoms with Gasteiger partial charge in [0, 0.05) is 11.8 Å². The zero-order valence-corrected chi connectivity index (χ0v) is 15.3. The SMILES string of the molecule is O=C(COC(=O)Cc1ccc(OC(F)F)cc1)NCC(=O)Nc1ccc(F)c(F)c1. The Labute approximate surface area is 168 Å². The summed E-state index contributed by atoms with van der Waals surface area (Å²) in [6.45, 7) is -4.09. The van der Waals surface area contributed by atoms with Gasteiger partial charge in [-0.25, -0.2) is 8.78 Å². The molecule has 0 aliphatic heterocycles. The number of carbonyl (C=O) groups excluding carboxylic acids is 3. The van der Waals surface area contributed by atoms with E-state index in [-0.39, 0.29) is 17.9 Å². The Morgan fingerprint density at radius 2 is 1.63 bits per heavy atom. The average Bonchev–Trinajstić information content (AvgIpc) is 2.69. The summed E-state index contributed by atoms with van der Waals surface area (Å²) in [4.78, 5) is 35.0. The standard InChI is InChI=1S/C19H16F4N2O5/c20-14-6-3-12(8-15(14)21)25-16(26)9-24-17(27)10-29-18(28)7-11-1-4-13(5-2-11)30-19(22)23/h1-6,8,19H,7,9-10H2,(H,24,27)(H,25,26). The highest BCUT2D eigenvalue weighted by Gasteiger charge is 2.12. The molecule has 0 aliphatic rings. The summed E-state index contributed by atoms with van der Waals surface area (Å²) in [6, 6.07) is 8.06. The molecule has 0 fully saturated rings. The van der Waals surface area contributed by atoms with Crippen LogP contribution in [0.25, 0.3) is 0 Å². The van der Waals surface area contributed by atoms with Gasteiger partial charge in [0.2, 0.25) is 5.91 Å². The van der Waals surface area contributed by atoms with Crippen LogP contribution >= 0.6 is 0 Å². The first-order chi connectivity index (χ1) is 14.2. The van der Waals surface area contributed by atoms with Gasteiger partial charge in [-0.15, -0.1) is 0 Å². The topological polar surface area (TPSA) is 93.7 Å². The summed E-state index contributed by atoms with van der Waals surface area (Å²) < 4.78 is 59.0. The van der Waals surface area contributed by atoms with Crippen LogP contribution in [0.1, 0.15) is 5.56 Å². The minimum atomic E-state index is -2.96. The molecule has 2 aromatic rings. The van der Waals surface area contributed by atoms with Gasteiger partial charge in [-0.1, -0.05) is 12.1 Å². The van der Waals surface area contributed by atoms with E-state index in [0.29, 0.717) is 5.56 Å². The van der Waals surface area contributed by atoms with Gasteiger partial charge in [0.25, 0.3) is 5.91 Å². The van der Waals surface area contributed by atoms with Crippen LogP contribution in [-0.2, 0) is 25.5 Å². The molecule has 0 aromatic heterocycles. The van der Waals surface area contributed by atoms with Crippen molar-refractivity contribution in [3.8, 4) is 5.75 Å². The molecule has 2 amide bonds. The number of hydrogen-bond acceptors (Lipinski definition) is 5. The molecule has 7 nitrogen and oxygen atoms in total. The van der Waals surface area contributed by atoms with Gasteiger partial charge in [0.05, 0.1) is 13.0 Å². The molecule has 0 atom stereocenters. The zero-order valence-electron chi connectivity index (χ0n) is 15.3. The highest BCUT2D eigenvalue weighted by Crippen LogP contribution is 2.15. The molecular weight excluding hydrogens is 412 g/mol. The number of benzene rings is 2. The third-order valence-corrected chi connectivity index (χ3v) is 3.51. The molecule has 0 bridgehead atoms. The van der Waals surface area contributed by atoms with Crippen LogP contribution in [0.3, 0.4) is 0 Å². The Kier molecular flexibility index (Phi) is 8.15. The van der Waals surface area contributed by atoms with Crippen molar-refractivity contribution >= 4 is 23.5 Å². The number of carbonyl (C=O) groups is 3. The van der Waals surface area contributed by atoms with Crippen molar-refractivity contribution in [3.63, 3.8) is 0 Å². The molecule has 0 aliphatic carbocycles. The van der Waals surface area contributed by atoms with E-state index in [1.54, 1.807) is 0 Å². The van der Waals surface area contributed by atoms with E-state index < -0.39 is 49.2 Å². The number of ether oxygens (including phenoxy) is 2. The van der Waals surface area contributed by atoms with Gasteiger partial charge < -0.3 is 20.1 Å². The molecule has 30 heavy (non-hydrogen) atoms. The van der Waals surface area contributed by atoms with Crippen LogP contribution in [0.5, 0.6) is 5.75 Å². The number of hydrogen-bond donors (Lipinski definition) is 2. The molecule has 160 valence electrons. The predicted octanol–water partition coefficient (Wildman–Crippen LogP) is 2.41. The van der Waals surface area contributed by atoms with Crippen molar-refractivity contribution < 1.29 is 41.4 Å². The first kappa shape index (κ1) is 22.7. The molecule has 2 aromatic carbocycles. The molecular formula is C19H16F4N2O5. The summed E-state index contributed by atoms with van der Waals surface area (Å²) in [5.74, 6) is -4.49. The van der Waals surface area contributed by atoms with E-state index in [1.165, 1.54) is 24.3 Å². The van der Waals surface area contributed by atoms with Gasteiger partial charge >= 0.3 is 12.6 Å². The maximum absolute atomic E-state index is 13.1. The van der Waals surface area contributed by atoms with E-state index in [9.17, 15) is 31.9 Å². The monoisotopic (exact) mass is 428 g/mol. The van der Waals surface area contributed by atoms with Gasteiger partial charge in [0.15, 0.2) is 18.2 Å². The Hall–Kier alpha value is -3.63. The van der Waals surface area contributed by atoms with E-state index in [1.807, 2.05) is 0 Å². The number of rotatable bonds is 9. The maximum atomic E-state index is 13.1. The summed E-state index contributed by atoms with van der Waals surface area (Å²) >= 11 is 0. The third kappa shape index (κ3) is 7.78. The fraction of sp³-hybridized carbons (Fsp3) is 0.211. The lowest BCUT2D eigenvalue weighted by Crippen LogP contribution is -2.35. The number of alkyl halides is 2. The Balaban J connectivity index is 1.68. The molecule has 2 N–H and O–H groups in total. The third-order valence-electron chi connectivity index (χ3n) is 3.51. The second-order valence-electron chi connectivity index (χ2n) is 5.81. The van der Waals surface area contributed by atoms with E-state index in [2.05, 4.69) is 15.4 Å². The van der Waals surface area contributed by atoms with Crippen LogP contribution < -0.4 is 15.4 Å². The van der Waals surface area contributed by atoms with Crippen LogP contribution in [0.4, 0.5) is 23.2 Å². The van der Waals surface area contributed by atoms with Crippen molar-refractivity contribution in [2.24, 2.45) is 0 Å². The quantitative estimate of drug-likeness (QED) is 0.473. The Bertz CT molecular complexity index is 906. The Morgan fingerprint density at radius 1 is 0.933 bits per heavy atom. The number of anilines is 1. The maximum Gasteiger partial charge on any atom is 0.387 e. The van der Waals surface area contributed by atoms with Crippen LogP contribution in [0.2, 0.25) is 0 Å². The first-order valence-corrected chi connectivity index (χ1v) is 8.44. The van der Waals surface area contributed by atoms with Crippen molar-refractivity contribution in [2.75, 3.05) is 18.5 Å².